The molecule has 1 fully saturated rings. The van der Waals surface area contributed by atoms with E-state index in [0.29, 0.717) is 5.92 Å². The van der Waals surface area contributed by atoms with Crippen LogP contribution in [0.1, 0.15) is 24.3 Å². The number of nitrogens with one attached hydrogen (secondary N) is 1. The summed E-state index contributed by atoms with van der Waals surface area (Å²) < 4.78 is 25.6. The van der Waals surface area contributed by atoms with Gasteiger partial charge in [0.1, 0.15) is 0 Å². The van der Waals surface area contributed by atoms with Crippen LogP contribution in [0.5, 0.6) is 0 Å². The van der Waals surface area contributed by atoms with Gasteiger partial charge in [-0.1, -0.05) is 6.07 Å². The zero-order valence-corrected chi connectivity index (χ0v) is 7.89. The first-order chi connectivity index (χ1) is 6.77. The summed E-state index contributed by atoms with van der Waals surface area (Å²) in [6, 6.07) is 4.20. The maximum absolute atomic E-state index is 12.9. The van der Waals surface area contributed by atoms with Gasteiger partial charge in [0.15, 0.2) is 11.6 Å². The van der Waals surface area contributed by atoms with Gasteiger partial charge in [0, 0.05) is 6.54 Å². The van der Waals surface area contributed by atoms with Crippen LogP contribution in [0.4, 0.5) is 8.78 Å². The minimum absolute atomic E-state index is 0.332. The zero-order chi connectivity index (χ0) is 9.97. The van der Waals surface area contributed by atoms with Crippen molar-refractivity contribution in [2.75, 3.05) is 13.1 Å². The lowest BCUT2D eigenvalue weighted by molar-refractivity contribution is 0.455. The Morgan fingerprint density at radius 1 is 1.21 bits per heavy atom. The van der Waals surface area contributed by atoms with Gasteiger partial charge in [0.05, 0.1) is 0 Å². The highest BCUT2D eigenvalue weighted by Gasteiger charge is 2.16. The first kappa shape index (κ1) is 9.59. The molecule has 1 N–H and O–H groups in total. The molecule has 0 aliphatic carbocycles. The van der Waals surface area contributed by atoms with Gasteiger partial charge in [0.2, 0.25) is 0 Å². The molecule has 0 radical (unpaired) electrons. The number of halogens is 2. The monoisotopic (exact) mass is 197 g/mol. The molecule has 0 unspecified atom stereocenters. The second kappa shape index (κ2) is 4.05. The van der Waals surface area contributed by atoms with Crippen molar-refractivity contribution in [3.63, 3.8) is 0 Å². The van der Waals surface area contributed by atoms with E-state index < -0.39 is 11.6 Å². The molecule has 76 valence electrons. The standard InChI is InChI=1S/C11H13F2N/c12-10-4-3-8(6-11(10)13)9-2-1-5-14-7-9/h3-4,6,9,14H,1-2,5,7H2/t9-/m0/s1. The molecule has 2 rings (SSSR count). The number of hydrogen-bond donors (Lipinski definition) is 1. The molecule has 3 heteroatoms. The van der Waals surface area contributed by atoms with Gasteiger partial charge in [-0.2, -0.15) is 0 Å². The summed E-state index contributed by atoms with van der Waals surface area (Å²) in [5.41, 5.74) is 0.899. The summed E-state index contributed by atoms with van der Waals surface area (Å²) >= 11 is 0. The summed E-state index contributed by atoms with van der Waals surface area (Å²) in [6.45, 7) is 1.89. The average Bonchev–Trinajstić information content (AvgIpc) is 2.23. The van der Waals surface area contributed by atoms with Crippen LogP contribution >= 0.6 is 0 Å². The molecule has 1 saturated heterocycles. The molecule has 1 heterocycles. The van der Waals surface area contributed by atoms with Gasteiger partial charge in [-0.3, -0.25) is 0 Å². The maximum atomic E-state index is 12.9. The quantitative estimate of drug-likeness (QED) is 0.729. The second-order valence-corrected chi connectivity index (χ2v) is 3.72. The predicted octanol–water partition coefficient (Wildman–Crippen LogP) is 2.43. The molecular formula is C11H13F2N. The third-order valence-electron chi connectivity index (χ3n) is 2.71. The van der Waals surface area contributed by atoms with Crippen molar-refractivity contribution in [1.29, 1.82) is 0 Å². The predicted molar refractivity (Wildman–Crippen MR) is 51.2 cm³/mol. The average molecular weight is 197 g/mol. The van der Waals surface area contributed by atoms with Crippen molar-refractivity contribution in [1.82, 2.24) is 5.32 Å². The fraction of sp³-hybridized carbons (Fsp3) is 0.455. The highest BCUT2D eigenvalue weighted by molar-refractivity contribution is 5.22. The number of benzene rings is 1. The van der Waals surface area contributed by atoms with E-state index in [0.717, 1.165) is 31.5 Å². The van der Waals surface area contributed by atoms with Crippen LogP contribution < -0.4 is 5.32 Å². The van der Waals surface area contributed by atoms with Crippen LogP contribution in [-0.2, 0) is 0 Å². The van der Waals surface area contributed by atoms with Gasteiger partial charge in [-0.15, -0.1) is 0 Å². The summed E-state index contributed by atoms with van der Waals surface area (Å²) in [5, 5.41) is 3.25. The van der Waals surface area contributed by atoms with E-state index in [1.807, 2.05) is 0 Å². The van der Waals surface area contributed by atoms with Crippen LogP contribution in [0.25, 0.3) is 0 Å². The molecule has 0 aromatic heterocycles. The Morgan fingerprint density at radius 2 is 2.07 bits per heavy atom. The maximum Gasteiger partial charge on any atom is 0.159 e. The number of rotatable bonds is 1. The van der Waals surface area contributed by atoms with Crippen molar-refractivity contribution in [2.45, 2.75) is 18.8 Å². The lowest BCUT2D eigenvalue weighted by Gasteiger charge is -2.23. The van der Waals surface area contributed by atoms with E-state index >= 15 is 0 Å². The summed E-state index contributed by atoms with van der Waals surface area (Å²) in [7, 11) is 0. The topological polar surface area (TPSA) is 12.0 Å². The molecule has 0 saturated carbocycles. The van der Waals surface area contributed by atoms with Gasteiger partial charge < -0.3 is 5.32 Å². The van der Waals surface area contributed by atoms with Crippen molar-refractivity contribution >= 4 is 0 Å². The highest BCUT2D eigenvalue weighted by Crippen LogP contribution is 2.24. The Morgan fingerprint density at radius 3 is 2.71 bits per heavy atom. The van der Waals surface area contributed by atoms with Gasteiger partial charge in [-0.05, 0) is 43.0 Å². The Bertz CT molecular complexity index is 319. The minimum Gasteiger partial charge on any atom is -0.316 e. The summed E-state index contributed by atoms with van der Waals surface area (Å²) in [4.78, 5) is 0. The Kier molecular flexibility index (Phi) is 2.77. The lowest BCUT2D eigenvalue weighted by atomic mass is 9.92. The summed E-state index contributed by atoms with van der Waals surface area (Å²) in [5.74, 6) is -1.18. The number of piperidine rings is 1. The lowest BCUT2D eigenvalue weighted by Crippen LogP contribution is -2.28. The van der Waals surface area contributed by atoms with Crippen molar-refractivity contribution in [3.05, 3.63) is 35.4 Å². The SMILES string of the molecule is Fc1ccc([C@H]2CCCNC2)cc1F. The van der Waals surface area contributed by atoms with Crippen molar-refractivity contribution in [2.24, 2.45) is 0 Å². The van der Waals surface area contributed by atoms with Crippen molar-refractivity contribution < 1.29 is 8.78 Å². The fourth-order valence-corrected chi connectivity index (χ4v) is 1.90. The fourth-order valence-electron chi connectivity index (χ4n) is 1.90. The van der Waals surface area contributed by atoms with Gasteiger partial charge in [0.25, 0.3) is 0 Å². The zero-order valence-electron chi connectivity index (χ0n) is 7.89. The molecule has 1 nitrogen and oxygen atoms in total. The van der Waals surface area contributed by atoms with Gasteiger partial charge >= 0.3 is 0 Å². The molecule has 14 heavy (non-hydrogen) atoms. The smallest absolute Gasteiger partial charge is 0.159 e. The van der Waals surface area contributed by atoms with E-state index in [1.165, 1.54) is 12.1 Å². The van der Waals surface area contributed by atoms with Crippen LogP contribution in [0.3, 0.4) is 0 Å². The first-order valence-corrected chi connectivity index (χ1v) is 4.93. The molecule has 1 aliphatic heterocycles. The normalized spacial score (nSPS) is 22.3. The van der Waals surface area contributed by atoms with E-state index in [-0.39, 0.29) is 0 Å². The molecular weight excluding hydrogens is 184 g/mol. The third kappa shape index (κ3) is 1.93. The first-order valence-electron chi connectivity index (χ1n) is 4.93. The summed E-state index contributed by atoms with van der Waals surface area (Å²) in [6.07, 6.45) is 2.15. The molecule has 1 atom stereocenters. The van der Waals surface area contributed by atoms with Crippen molar-refractivity contribution in [3.8, 4) is 0 Å². The van der Waals surface area contributed by atoms with Crippen LogP contribution in [-0.4, -0.2) is 13.1 Å². The molecule has 0 amide bonds. The highest BCUT2D eigenvalue weighted by atomic mass is 19.2. The molecule has 1 aromatic rings. The Balaban J connectivity index is 2.18. The van der Waals surface area contributed by atoms with E-state index in [9.17, 15) is 8.78 Å². The Hall–Kier alpha value is -0.960. The molecule has 1 aliphatic rings. The van der Waals surface area contributed by atoms with E-state index in [1.54, 1.807) is 6.07 Å². The second-order valence-electron chi connectivity index (χ2n) is 3.72. The molecule has 1 aromatic carbocycles. The van der Waals surface area contributed by atoms with Crippen LogP contribution in [0.2, 0.25) is 0 Å². The van der Waals surface area contributed by atoms with Gasteiger partial charge in [-0.25, -0.2) is 8.78 Å². The Labute approximate surface area is 82.1 Å². The van der Waals surface area contributed by atoms with Crippen LogP contribution in [0.15, 0.2) is 18.2 Å². The van der Waals surface area contributed by atoms with E-state index in [2.05, 4.69) is 5.32 Å². The third-order valence-corrected chi connectivity index (χ3v) is 2.71. The minimum atomic E-state index is -0.766. The van der Waals surface area contributed by atoms with E-state index in [4.69, 9.17) is 0 Å². The molecule has 0 spiro atoms. The molecule has 0 bridgehead atoms. The largest absolute Gasteiger partial charge is 0.316 e. The number of hydrogen-bond acceptors (Lipinski definition) is 1. The van der Waals surface area contributed by atoms with Crippen LogP contribution in [0, 0.1) is 11.6 Å².